The first-order valence-corrected chi connectivity index (χ1v) is 8.55. The molecule has 0 aliphatic rings. The number of aryl methyl sites for hydroxylation is 1. The Morgan fingerprint density at radius 3 is 2.63 bits per heavy atom. The Morgan fingerprint density at radius 2 is 1.93 bits per heavy atom. The number of nitrogens with one attached hydrogen (secondary N) is 1. The van der Waals surface area contributed by atoms with Crippen LogP contribution in [0.2, 0.25) is 0 Å². The van der Waals surface area contributed by atoms with Crippen molar-refractivity contribution in [3.63, 3.8) is 0 Å². The predicted molar refractivity (Wildman–Crippen MR) is 99.6 cm³/mol. The number of hydrogen-bond donors (Lipinski definition) is 1. The van der Waals surface area contributed by atoms with E-state index in [2.05, 4.69) is 10.3 Å². The largest absolute Gasteiger partial charge is 0.451 e. The van der Waals surface area contributed by atoms with Gasteiger partial charge < -0.3 is 9.73 Å². The molecule has 3 rings (SSSR count). The highest BCUT2D eigenvalue weighted by Gasteiger charge is 2.12. The lowest BCUT2D eigenvalue weighted by atomic mass is 10.1. The van der Waals surface area contributed by atoms with Crippen molar-refractivity contribution in [2.75, 3.05) is 6.54 Å². The first-order valence-electron chi connectivity index (χ1n) is 8.55. The first kappa shape index (κ1) is 18.3. The molecule has 0 atom stereocenters. The van der Waals surface area contributed by atoms with Crippen LogP contribution in [-0.2, 0) is 6.54 Å². The standard InChI is InChI=1S/C20H19N3O4/c1-14(24)15-4-6-16(7-5-15)17-8-9-18(27-17)19(25)21-10-2-12-23-13-3-11-22-20(23)26/h3-9,11,13H,2,10,12H2,1H3,(H,21,25). The minimum atomic E-state index is -0.319. The first-order chi connectivity index (χ1) is 13.0. The van der Waals surface area contributed by atoms with Crippen LogP contribution in [0.3, 0.4) is 0 Å². The van der Waals surface area contributed by atoms with Gasteiger partial charge in [0, 0.05) is 36.6 Å². The Balaban J connectivity index is 1.54. The van der Waals surface area contributed by atoms with E-state index in [1.807, 2.05) is 0 Å². The highest BCUT2D eigenvalue weighted by molar-refractivity contribution is 5.94. The number of furan rings is 1. The Hall–Kier alpha value is -3.48. The van der Waals surface area contributed by atoms with Gasteiger partial charge in [-0.1, -0.05) is 24.3 Å². The number of Topliss-reactive ketones (excluding diaryl/α,β-unsaturated/α-hetero) is 1. The van der Waals surface area contributed by atoms with Gasteiger partial charge in [0.2, 0.25) is 0 Å². The van der Waals surface area contributed by atoms with Crippen LogP contribution in [0.1, 0.15) is 34.3 Å². The van der Waals surface area contributed by atoms with Crippen LogP contribution < -0.4 is 11.0 Å². The quantitative estimate of drug-likeness (QED) is 0.513. The zero-order valence-corrected chi connectivity index (χ0v) is 14.8. The molecular formula is C20H19N3O4. The zero-order valence-electron chi connectivity index (χ0n) is 14.8. The maximum absolute atomic E-state index is 12.2. The second kappa shape index (κ2) is 8.27. The molecule has 0 unspecified atom stereocenters. The number of hydrogen-bond acceptors (Lipinski definition) is 5. The van der Waals surface area contributed by atoms with Gasteiger partial charge in [0.15, 0.2) is 11.5 Å². The van der Waals surface area contributed by atoms with Gasteiger partial charge in [0.1, 0.15) is 5.76 Å². The van der Waals surface area contributed by atoms with Crippen LogP contribution in [-0.4, -0.2) is 27.8 Å². The lowest BCUT2D eigenvalue weighted by Gasteiger charge is -2.05. The van der Waals surface area contributed by atoms with Crippen molar-refractivity contribution in [3.05, 3.63) is 76.7 Å². The second-order valence-electron chi connectivity index (χ2n) is 6.00. The molecule has 138 valence electrons. The van der Waals surface area contributed by atoms with E-state index < -0.39 is 0 Å². The number of rotatable bonds is 7. The molecule has 2 heterocycles. The summed E-state index contributed by atoms with van der Waals surface area (Å²) in [7, 11) is 0. The lowest BCUT2D eigenvalue weighted by molar-refractivity contribution is 0.0925. The average Bonchev–Trinajstić information content (AvgIpc) is 3.17. The number of nitrogens with zero attached hydrogens (tertiary/aromatic N) is 2. The van der Waals surface area contributed by atoms with Crippen LogP contribution in [0, 0.1) is 0 Å². The van der Waals surface area contributed by atoms with E-state index in [4.69, 9.17) is 4.42 Å². The van der Waals surface area contributed by atoms with E-state index in [-0.39, 0.29) is 23.1 Å². The van der Waals surface area contributed by atoms with Crippen molar-refractivity contribution >= 4 is 11.7 Å². The normalized spacial score (nSPS) is 10.6. The third-order valence-electron chi connectivity index (χ3n) is 4.05. The molecule has 0 aliphatic carbocycles. The minimum Gasteiger partial charge on any atom is -0.451 e. The van der Waals surface area contributed by atoms with Gasteiger partial charge in [-0.2, -0.15) is 0 Å². The van der Waals surface area contributed by atoms with Gasteiger partial charge in [0.05, 0.1) is 0 Å². The highest BCUT2D eigenvalue weighted by Crippen LogP contribution is 2.22. The molecule has 3 aromatic rings. The molecule has 0 fully saturated rings. The summed E-state index contributed by atoms with van der Waals surface area (Å²) < 4.78 is 7.09. The number of aromatic nitrogens is 2. The molecule has 27 heavy (non-hydrogen) atoms. The summed E-state index contributed by atoms with van der Waals surface area (Å²) in [6.07, 6.45) is 3.70. The van der Waals surface area contributed by atoms with E-state index in [9.17, 15) is 14.4 Å². The predicted octanol–water partition coefficient (Wildman–Crippen LogP) is 2.53. The summed E-state index contributed by atoms with van der Waals surface area (Å²) in [4.78, 5) is 38.7. The van der Waals surface area contributed by atoms with Gasteiger partial charge >= 0.3 is 5.69 Å². The summed E-state index contributed by atoms with van der Waals surface area (Å²) in [6, 6.07) is 12.0. The molecule has 1 N–H and O–H groups in total. The van der Waals surface area contributed by atoms with Gasteiger partial charge in [-0.15, -0.1) is 0 Å². The Kier molecular flexibility index (Phi) is 5.61. The van der Waals surface area contributed by atoms with Crippen LogP contribution in [0.15, 0.2) is 64.1 Å². The fourth-order valence-corrected chi connectivity index (χ4v) is 2.58. The fraction of sp³-hybridized carbons (Fsp3) is 0.200. The Morgan fingerprint density at radius 1 is 1.15 bits per heavy atom. The van der Waals surface area contributed by atoms with Crippen LogP contribution in [0.25, 0.3) is 11.3 Å². The molecule has 0 saturated carbocycles. The van der Waals surface area contributed by atoms with E-state index in [1.54, 1.807) is 48.7 Å². The van der Waals surface area contributed by atoms with Gasteiger partial charge in [-0.25, -0.2) is 9.78 Å². The molecule has 0 saturated heterocycles. The molecule has 0 aliphatic heterocycles. The molecule has 0 spiro atoms. The highest BCUT2D eigenvalue weighted by atomic mass is 16.3. The van der Waals surface area contributed by atoms with Crippen molar-refractivity contribution < 1.29 is 14.0 Å². The average molecular weight is 365 g/mol. The molecule has 1 aromatic carbocycles. The van der Waals surface area contributed by atoms with Gasteiger partial charge in [-0.3, -0.25) is 14.2 Å². The molecule has 0 radical (unpaired) electrons. The number of ketones is 1. The van der Waals surface area contributed by atoms with E-state index >= 15 is 0 Å². The third kappa shape index (κ3) is 4.58. The third-order valence-corrected chi connectivity index (χ3v) is 4.05. The molecule has 2 aromatic heterocycles. The maximum Gasteiger partial charge on any atom is 0.347 e. The van der Waals surface area contributed by atoms with Crippen molar-refractivity contribution in [1.82, 2.24) is 14.9 Å². The SMILES string of the molecule is CC(=O)c1ccc(-c2ccc(C(=O)NCCCn3cccnc3=O)o2)cc1. The fourth-order valence-electron chi connectivity index (χ4n) is 2.58. The molecule has 7 heteroatoms. The van der Waals surface area contributed by atoms with Crippen LogP contribution >= 0.6 is 0 Å². The van der Waals surface area contributed by atoms with E-state index in [1.165, 1.54) is 17.7 Å². The summed E-state index contributed by atoms with van der Waals surface area (Å²) in [5, 5.41) is 2.76. The summed E-state index contributed by atoms with van der Waals surface area (Å²) >= 11 is 0. The number of carbonyl (C=O) groups is 2. The van der Waals surface area contributed by atoms with Crippen molar-refractivity contribution in [1.29, 1.82) is 0 Å². The Bertz CT molecular complexity index is 1000. The van der Waals surface area contributed by atoms with Crippen LogP contribution in [0.4, 0.5) is 0 Å². The molecule has 0 bridgehead atoms. The summed E-state index contributed by atoms with van der Waals surface area (Å²) in [5.41, 5.74) is 1.10. The Labute approximate surface area is 155 Å². The summed E-state index contributed by atoms with van der Waals surface area (Å²) in [6.45, 7) is 2.39. The second-order valence-corrected chi connectivity index (χ2v) is 6.00. The lowest BCUT2D eigenvalue weighted by Crippen LogP contribution is -2.27. The topological polar surface area (TPSA) is 94.2 Å². The van der Waals surface area contributed by atoms with Crippen molar-refractivity contribution in [2.45, 2.75) is 19.9 Å². The van der Waals surface area contributed by atoms with Gasteiger partial charge in [0.25, 0.3) is 5.91 Å². The number of carbonyl (C=O) groups excluding carboxylic acids is 2. The van der Waals surface area contributed by atoms with Crippen molar-refractivity contribution in [2.24, 2.45) is 0 Å². The molecule has 7 nitrogen and oxygen atoms in total. The van der Waals surface area contributed by atoms with Crippen LogP contribution in [0.5, 0.6) is 0 Å². The van der Waals surface area contributed by atoms with E-state index in [0.717, 1.165) is 5.56 Å². The minimum absolute atomic E-state index is 0.00499. The number of benzene rings is 1. The van der Waals surface area contributed by atoms with E-state index in [0.29, 0.717) is 30.8 Å². The summed E-state index contributed by atoms with van der Waals surface area (Å²) in [5.74, 6) is 0.436. The van der Waals surface area contributed by atoms with Crippen molar-refractivity contribution in [3.8, 4) is 11.3 Å². The van der Waals surface area contributed by atoms with Gasteiger partial charge in [-0.05, 0) is 31.5 Å². The zero-order chi connectivity index (χ0) is 19.2. The molecular weight excluding hydrogens is 346 g/mol. The smallest absolute Gasteiger partial charge is 0.347 e. The maximum atomic E-state index is 12.2. The monoisotopic (exact) mass is 365 g/mol. The molecule has 1 amide bonds. The number of amides is 1.